The van der Waals surface area contributed by atoms with Crippen LogP contribution >= 0.6 is 0 Å². The number of hydrogen-bond acceptors (Lipinski definition) is 5. The number of amides is 3. The third-order valence-corrected chi connectivity index (χ3v) is 5.13. The highest BCUT2D eigenvalue weighted by Gasteiger charge is 2.45. The molecular weight excluding hydrogens is 362 g/mol. The van der Waals surface area contributed by atoms with E-state index in [1.54, 1.807) is 13.1 Å². The summed E-state index contributed by atoms with van der Waals surface area (Å²) in [5, 5.41) is 11.2. The molecule has 28 heavy (non-hydrogen) atoms. The number of nitrogens with zero attached hydrogens (tertiary/aromatic N) is 3. The maximum atomic E-state index is 13.0. The number of likely N-dealkylation sites (N-methyl/N-ethyl adjacent to an activating group) is 1. The third-order valence-electron chi connectivity index (χ3n) is 5.13. The highest BCUT2D eigenvalue weighted by Crippen LogP contribution is 2.32. The van der Waals surface area contributed by atoms with Crippen LogP contribution in [0.4, 0.5) is 11.4 Å². The van der Waals surface area contributed by atoms with E-state index in [9.17, 15) is 24.5 Å². The first-order valence-electron chi connectivity index (χ1n) is 8.66. The Morgan fingerprint density at radius 3 is 2.39 bits per heavy atom. The summed E-state index contributed by atoms with van der Waals surface area (Å²) in [7, 11) is 1.57. The lowest BCUT2D eigenvalue weighted by Gasteiger charge is -2.28. The second-order valence-corrected chi connectivity index (χ2v) is 6.73. The highest BCUT2D eigenvalue weighted by molar-refractivity contribution is 6.25. The lowest BCUT2D eigenvalue weighted by molar-refractivity contribution is -0.385. The van der Waals surface area contributed by atoms with Crippen LogP contribution in [0.3, 0.4) is 0 Å². The summed E-state index contributed by atoms with van der Waals surface area (Å²) < 4.78 is 0. The summed E-state index contributed by atoms with van der Waals surface area (Å²) in [5.74, 6) is -2.01. The molecule has 0 saturated heterocycles. The molecule has 1 aliphatic heterocycles. The molecule has 1 unspecified atom stereocenters. The van der Waals surface area contributed by atoms with Gasteiger partial charge in [-0.15, -0.1) is 0 Å². The molecule has 3 rings (SSSR count). The van der Waals surface area contributed by atoms with Gasteiger partial charge in [-0.05, 0) is 44.0 Å². The van der Waals surface area contributed by atoms with Gasteiger partial charge in [-0.3, -0.25) is 29.4 Å². The number of carbonyl (C=O) groups excluding carboxylic acids is 3. The molecule has 0 bridgehead atoms. The van der Waals surface area contributed by atoms with Gasteiger partial charge >= 0.3 is 0 Å². The fourth-order valence-electron chi connectivity index (χ4n) is 3.40. The van der Waals surface area contributed by atoms with Crippen LogP contribution in [-0.2, 0) is 4.79 Å². The minimum atomic E-state index is -1.11. The van der Waals surface area contributed by atoms with Crippen LogP contribution in [0.2, 0.25) is 0 Å². The van der Waals surface area contributed by atoms with Crippen molar-refractivity contribution in [1.29, 1.82) is 0 Å². The van der Waals surface area contributed by atoms with Crippen LogP contribution in [0.15, 0.2) is 36.4 Å². The molecule has 0 aliphatic carbocycles. The van der Waals surface area contributed by atoms with Gasteiger partial charge in [0.1, 0.15) is 11.6 Å². The number of imide groups is 1. The number of benzene rings is 2. The van der Waals surface area contributed by atoms with E-state index < -0.39 is 34.4 Å². The van der Waals surface area contributed by atoms with E-state index in [-0.39, 0.29) is 11.1 Å². The van der Waals surface area contributed by atoms with Crippen molar-refractivity contribution in [3.63, 3.8) is 0 Å². The van der Waals surface area contributed by atoms with E-state index in [0.717, 1.165) is 16.0 Å². The lowest BCUT2D eigenvalue weighted by Crippen LogP contribution is -2.48. The van der Waals surface area contributed by atoms with E-state index in [2.05, 4.69) is 0 Å². The molecule has 0 aromatic heterocycles. The van der Waals surface area contributed by atoms with Crippen LogP contribution in [0.25, 0.3) is 0 Å². The molecule has 0 spiro atoms. The van der Waals surface area contributed by atoms with Crippen molar-refractivity contribution in [1.82, 2.24) is 4.90 Å². The van der Waals surface area contributed by atoms with E-state index in [1.165, 1.54) is 30.0 Å². The molecule has 144 valence electrons. The van der Waals surface area contributed by atoms with Crippen molar-refractivity contribution in [2.24, 2.45) is 0 Å². The quantitative estimate of drug-likeness (QED) is 0.460. The first-order valence-corrected chi connectivity index (χ1v) is 8.66. The molecule has 8 heteroatoms. The number of aryl methyl sites for hydroxylation is 1. The fourth-order valence-corrected chi connectivity index (χ4v) is 3.40. The zero-order valence-electron chi connectivity index (χ0n) is 15.9. The second-order valence-electron chi connectivity index (χ2n) is 6.73. The molecule has 0 saturated carbocycles. The van der Waals surface area contributed by atoms with Crippen LogP contribution in [0, 0.1) is 24.0 Å². The van der Waals surface area contributed by atoms with Crippen molar-refractivity contribution in [2.45, 2.75) is 26.8 Å². The average Bonchev–Trinajstić information content (AvgIpc) is 2.93. The van der Waals surface area contributed by atoms with Crippen LogP contribution in [0.1, 0.15) is 38.8 Å². The number of anilines is 1. The first kappa shape index (κ1) is 19.2. The van der Waals surface area contributed by atoms with Gasteiger partial charge in [-0.1, -0.05) is 18.2 Å². The summed E-state index contributed by atoms with van der Waals surface area (Å²) in [6.07, 6.45) is 0. The van der Waals surface area contributed by atoms with Gasteiger partial charge < -0.3 is 4.90 Å². The van der Waals surface area contributed by atoms with Crippen molar-refractivity contribution in [3.8, 4) is 0 Å². The molecule has 0 fully saturated rings. The smallest absolute Gasteiger partial charge is 0.282 e. The lowest BCUT2D eigenvalue weighted by atomic mass is 10.1. The SMILES string of the molecule is Cc1cccc(N(C)C(=O)C(C)N2C(=O)c3cccc([N+](=O)[O-])c3C2=O)c1C. The molecule has 1 aliphatic rings. The zero-order chi connectivity index (χ0) is 20.7. The van der Waals surface area contributed by atoms with Crippen LogP contribution in [0.5, 0.6) is 0 Å². The topological polar surface area (TPSA) is 101 Å². The molecule has 0 N–H and O–H groups in total. The summed E-state index contributed by atoms with van der Waals surface area (Å²) in [4.78, 5) is 51.2. The normalized spacial score (nSPS) is 14.1. The predicted molar refractivity (Wildman–Crippen MR) is 102 cm³/mol. The third kappa shape index (κ3) is 2.83. The Bertz CT molecular complexity index is 1030. The summed E-state index contributed by atoms with van der Waals surface area (Å²) >= 11 is 0. The number of nitro benzene ring substituents is 1. The maximum Gasteiger partial charge on any atom is 0.282 e. The Morgan fingerprint density at radius 1 is 1.11 bits per heavy atom. The molecular formula is C20H19N3O5. The number of hydrogen-bond donors (Lipinski definition) is 0. The molecule has 8 nitrogen and oxygen atoms in total. The van der Waals surface area contributed by atoms with Crippen molar-refractivity contribution < 1.29 is 19.3 Å². The van der Waals surface area contributed by atoms with Gasteiger partial charge in [-0.25, -0.2) is 0 Å². The molecule has 1 heterocycles. The van der Waals surface area contributed by atoms with Gasteiger partial charge in [0, 0.05) is 18.8 Å². The van der Waals surface area contributed by atoms with Crippen LogP contribution in [-0.4, -0.2) is 40.6 Å². The Kier molecular flexibility index (Phi) is 4.72. The summed E-state index contributed by atoms with van der Waals surface area (Å²) in [5.41, 5.74) is 1.80. The molecule has 0 radical (unpaired) electrons. The van der Waals surface area contributed by atoms with Gasteiger partial charge in [0.2, 0.25) is 5.91 Å². The van der Waals surface area contributed by atoms with Gasteiger partial charge in [0.05, 0.1) is 10.5 Å². The standard InChI is InChI=1S/C20H19N3O5/c1-11-7-5-9-15(12(11)2)21(4)18(24)13(3)22-19(25)14-8-6-10-16(23(27)28)17(14)20(22)26/h5-10,13H,1-4H3. The Labute approximate surface area is 161 Å². The monoisotopic (exact) mass is 381 g/mol. The Hall–Kier alpha value is -3.55. The number of carbonyl (C=O) groups is 3. The van der Waals surface area contributed by atoms with E-state index in [4.69, 9.17) is 0 Å². The van der Waals surface area contributed by atoms with Gasteiger partial charge in [0.25, 0.3) is 17.5 Å². The van der Waals surface area contributed by atoms with E-state index in [1.807, 2.05) is 26.0 Å². The molecule has 2 aromatic carbocycles. The molecule has 3 amide bonds. The molecule has 2 aromatic rings. The number of fused-ring (bicyclic) bond motifs is 1. The van der Waals surface area contributed by atoms with Crippen molar-refractivity contribution in [2.75, 3.05) is 11.9 Å². The maximum absolute atomic E-state index is 13.0. The largest absolute Gasteiger partial charge is 0.313 e. The minimum absolute atomic E-state index is 0.0618. The van der Waals surface area contributed by atoms with Gasteiger partial charge in [-0.2, -0.15) is 0 Å². The second kappa shape index (κ2) is 6.88. The zero-order valence-corrected chi connectivity index (χ0v) is 15.9. The van der Waals surface area contributed by atoms with Crippen LogP contribution < -0.4 is 4.90 Å². The fraction of sp³-hybridized carbons (Fsp3) is 0.250. The minimum Gasteiger partial charge on any atom is -0.313 e. The van der Waals surface area contributed by atoms with Crippen molar-refractivity contribution in [3.05, 3.63) is 68.8 Å². The number of rotatable bonds is 4. The number of nitro groups is 1. The molecule has 1 atom stereocenters. The first-order chi connectivity index (χ1) is 13.2. The Balaban J connectivity index is 1.96. The van der Waals surface area contributed by atoms with Crippen molar-refractivity contribution >= 4 is 29.1 Å². The highest BCUT2D eigenvalue weighted by atomic mass is 16.6. The predicted octanol–water partition coefficient (Wildman–Crippen LogP) is 2.86. The van der Waals surface area contributed by atoms with E-state index in [0.29, 0.717) is 5.69 Å². The summed E-state index contributed by atoms with van der Waals surface area (Å²) in [6.45, 7) is 5.24. The van der Waals surface area contributed by atoms with Gasteiger partial charge in [0.15, 0.2) is 0 Å². The van der Waals surface area contributed by atoms with E-state index >= 15 is 0 Å². The Morgan fingerprint density at radius 2 is 1.75 bits per heavy atom. The summed E-state index contributed by atoms with van der Waals surface area (Å²) in [6, 6.07) is 8.27. The average molecular weight is 381 g/mol.